The van der Waals surface area contributed by atoms with Crippen LogP contribution in [0.4, 0.5) is 0 Å². The SMILES string of the molecule is CCC\C=C/C=C\C=C/C=C\C=C/CCCCCCCC(=O)OCC(COC(=O)CCCCCCCCCCCCCCCCCC)OC(=O)CCCCCCCCCCCCCCCCCCCC. The van der Waals surface area contributed by atoms with E-state index in [1.807, 2.05) is 24.3 Å². The third-order valence-corrected chi connectivity index (χ3v) is 13.4. The Morgan fingerprint density at radius 3 is 0.857 bits per heavy atom. The van der Waals surface area contributed by atoms with Crippen LogP contribution in [-0.4, -0.2) is 37.2 Å². The first-order valence-electron chi connectivity index (χ1n) is 30.4. The van der Waals surface area contributed by atoms with Crippen molar-refractivity contribution in [1.29, 1.82) is 0 Å². The van der Waals surface area contributed by atoms with Crippen LogP contribution >= 0.6 is 0 Å². The predicted octanol–water partition coefficient (Wildman–Crippen LogP) is 20.4. The number of carbonyl (C=O) groups excluding carboxylic acids is 3. The fraction of sp³-hybridized carbons (Fsp3) is 0.797. The van der Waals surface area contributed by atoms with E-state index in [0.29, 0.717) is 19.3 Å². The minimum Gasteiger partial charge on any atom is -0.462 e. The van der Waals surface area contributed by atoms with Gasteiger partial charge in [-0.25, -0.2) is 0 Å². The molecule has 0 aliphatic heterocycles. The smallest absolute Gasteiger partial charge is 0.306 e. The van der Waals surface area contributed by atoms with Crippen molar-refractivity contribution in [3.63, 3.8) is 0 Å². The van der Waals surface area contributed by atoms with Crippen LogP contribution in [0.2, 0.25) is 0 Å². The van der Waals surface area contributed by atoms with Crippen LogP contribution < -0.4 is 0 Å². The Labute approximate surface area is 434 Å². The van der Waals surface area contributed by atoms with Crippen LogP contribution in [0.25, 0.3) is 0 Å². The van der Waals surface area contributed by atoms with Gasteiger partial charge in [0.15, 0.2) is 6.10 Å². The molecule has 0 amide bonds. The first-order chi connectivity index (χ1) is 34.5. The molecular weight excluding hydrogens is 865 g/mol. The van der Waals surface area contributed by atoms with Crippen molar-refractivity contribution in [3.8, 4) is 0 Å². The molecule has 0 saturated carbocycles. The van der Waals surface area contributed by atoms with Gasteiger partial charge in [-0.05, 0) is 38.5 Å². The molecule has 0 radical (unpaired) electrons. The largest absolute Gasteiger partial charge is 0.462 e. The Balaban J connectivity index is 4.39. The summed E-state index contributed by atoms with van der Waals surface area (Å²) in [4.78, 5) is 38.2. The fourth-order valence-corrected chi connectivity index (χ4v) is 8.83. The fourth-order valence-electron chi connectivity index (χ4n) is 8.83. The molecule has 0 aromatic rings. The maximum Gasteiger partial charge on any atom is 0.306 e. The minimum absolute atomic E-state index is 0.0782. The Hall–Kier alpha value is -2.89. The van der Waals surface area contributed by atoms with Gasteiger partial charge in [0, 0.05) is 19.3 Å². The first-order valence-corrected chi connectivity index (χ1v) is 30.4. The van der Waals surface area contributed by atoms with E-state index in [-0.39, 0.29) is 31.1 Å². The van der Waals surface area contributed by atoms with E-state index in [9.17, 15) is 14.4 Å². The molecule has 0 spiro atoms. The van der Waals surface area contributed by atoms with Crippen molar-refractivity contribution in [2.45, 2.75) is 316 Å². The molecule has 0 fully saturated rings. The molecule has 0 N–H and O–H groups in total. The number of ether oxygens (including phenoxy) is 3. The van der Waals surface area contributed by atoms with Crippen molar-refractivity contribution in [2.75, 3.05) is 13.2 Å². The second-order valence-electron chi connectivity index (χ2n) is 20.4. The zero-order valence-electron chi connectivity index (χ0n) is 46.5. The quantitative estimate of drug-likeness (QED) is 0.0261. The number of unbranched alkanes of at least 4 members (excludes halogenated alkanes) is 38. The van der Waals surface area contributed by atoms with Crippen molar-refractivity contribution >= 4 is 17.9 Å². The second kappa shape index (κ2) is 58.7. The van der Waals surface area contributed by atoms with E-state index < -0.39 is 6.10 Å². The average Bonchev–Trinajstić information content (AvgIpc) is 3.36. The topological polar surface area (TPSA) is 78.9 Å². The van der Waals surface area contributed by atoms with Gasteiger partial charge >= 0.3 is 17.9 Å². The predicted molar refractivity (Wildman–Crippen MR) is 302 cm³/mol. The van der Waals surface area contributed by atoms with Crippen LogP contribution in [0, 0.1) is 0 Å². The summed E-state index contributed by atoms with van der Waals surface area (Å²) in [5, 5.41) is 0. The highest BCUT2D eigenvalue weighted by atomic mass is 16.6. The van der Waals surface area contributed by atoms with E-state index in [1.54, 1.807) is 0 Å². The van der Waals surface area contributed by atoms with Gasteiger partial charge in [-0.2, -0.15) is 0 Å². The van der Waals surface area contributed by atoms with E-state index in [4.69, 9.17) is 14.2 Å². The molecule has 0 bridgehead atoms. The lowest BCUT2D eigenvalue weighted by atomic mass is 10.0. The summed E-state index contributed by atoms with van der Waals surface area (Å²) < 4.78 is 16.9. The lowest BCUT2D eigenvalue weighted by Crippen LogP contribution is -2.30. The molecule has 0 aromatic heterocycles. The number of hydrogen-bond donors (Lipinski definition) is 0. The molecule has 70 heavy (non-hydrogen) atoms. The van der Waals surface area contributed by atoms with Crippen LogP contribution in [0.1, 0.15) is 310 Å². The Kier molecular flexibility index (Phi) is 56.3. The summed E-state index contributed by atoms with van der Waals surface area (Å²) in [5.41, 5.74) is 0. The van der Waals surface area contributed by atoms with Crippen LogP contribution in [0.5, 0.6) is 0 Å². The lowest BCUT2D eigenvalue weighted by Gasteiger charge is -2.18. The summed E-state index contributed by atoms with van der Waals surface area (Å²) in [7, 11) is 0. The van der Waals surface area contributed by atoms with Gasteiger partial charge in [0.25, 0.3) is 0 Å². The molecule has 0 aliphatic carbocycles. The molecule has 0 saturated heterocycles. The molecule has 0 rings (SSSR count). The molecule has 0 aliphatic rings. The molecule has 1 unspecified atom stereocenters. The van der Waals surface area contributed by atoms with Gasteiger partial charge in [-0.3, -0.25) is 14.4 Å². The van der Waals surface area contributed by atoms with Crippen molar-refractivity contribution in [2.24, 2.45) is 0 Å². The molecule has 406 valence electrons. The van der Waals surface area contributed by atoms with E-state index in [1.165, 1.54) is 186 Å². The zero-order chi connectivity index (χ0) is 50.7. The van der Waals surface area contributed by atoms with E-state index in [0.717, 1.165) is 83.5 Å². The number of allylic oxidation sites excluding steroid dienone is 10. The third kappa shape index (κ3) is 56.0. The summed E-state index contributed by atoms with van der Waals surface area (Å²) in [5.74, 6) is -0.885. The second-order valence-corrected chi connectivity index (χ2v) is 20.4. The van der Waals surface area contributed by atoms with E-state index in [2.05, 4.69) is 57.2 Å². The van der Waals surface area contributed by atoms with Crippen LogP contribution in [0.15, 0.2) is 60.8 Å². The lowest BCUT2D eigenvalue weighted by molar-refractivity contribution is -0.167. The Morgan fingerprint density at radius 1 is 0.286 bits per heavy atom. The van der Waals surface area contributed by atoms with Gasteiger partial charge in [0.1, 0.15) is 13.2 Å². The summed E-state index contributed by atoms with van der Waals surface area (Å²) in [6, 6.07) is 0. The number of esters is 3. The molecule has 0 aromatic carbocycles. The molecule has 1 atom stereocenters. The van der Waals surface area contributed by atoms with Crippen molar-refractivity contribution in [1.82, 2.24) is 0 Å². The Morgan fingerprint density at radius 2 is 0.543 bits per heavy atom. The maximum absolute atomic E-state index is 12.9. The van der Waals surface area contributed by atoms with Gasteiger partial charge < -0.3 is 14.2 Å². The van der Waals surface area contributed by atoms with Crippen molar-refractivity contribution < 1.29 is 28.6 Å². The van der Waals surface area contributed by atoms with Crippen LogP contribution in [0.3, 0.4) is 0 Å². The monoisotopic (exact) mass is 979 g/mol. The minimum atomic E-state index is -0.782. The third-order valence-electron chi connectivity index (χ3n) is 13.4. The standard InChI is InChI=1S/C64H114O6/c1-4-7-10-13-16-19-22-25-28-31-33-36-39-42-45-48-51-54-57-63(66)69-60-61(59-68-62(65)56-53-50-47-44-41-38-35-30-27-24-21-18-15-12-9-6-3)70-64(67)58-55-52-49-46-43-40-37-34-32-29-26-23-20-17-14-11-8-5-2/h10,13,16,19,22,25,28,31,33,36,61H,4-9,11-12,14-15,17-18,20-21,23-24,26-27,29-30,32,34-35,37-60H2,1-3H3/b13-10-,19-16-,25-22-,31-28-,36-33-. The highest BCUT2D eigenvalue weighted by molar-refractivity contribution is 5.71. The van der Waals surface area contributed by atoms with Gasteiger partial charge in [0.2, 0.25) is 0 Å². The van der Waals surface area contributed by atoms with Gasteiger partial charge in [-0.15, -0.1) is 0 Å². The maximum atomic E-state index is 12.9. The number of carbonyl (C=O) groups is 3. The van der Waals surface area contributed by atoms with Gasteiger partial charge in [0.05, 0.1) is 0 Å². The highest BCUT2D eigenvalue weighted by Crippen LogP contribution is 2.17. The average molecular weight is 980 g/mol. The van der Waals surface area contributed by atoms with Gasteiger partial charge in [-0.1, -0.05) is 313 Å². The van der Waals surface area contributed by atoms with Crippen LogP contribution in [-0.2, 0) is 28.6 Å². The normalized spacial score (nSPS) is 12.4. The summed E-state index contributed by atoms with van der Waals surface area (Å²) in [6.45, 7) is 6.58. The first kappa shape index (κ1) is 67.1. The Bertz CT molecular complexity index is 1260. The van der Waals surface area contributed by atoms with Crippen molar-refractivity contribution in [3.05, 3.63) is 60.8 Å². The molecule has 6 nitrogen and oxygen atoms in total. The number of rotatable bonds is 55. The summed E-state index contributed by atoms with van der Waals surface area (Å²) >= 11 is 0. The number of hydrogen-bond acceptors (Lipinski definition) is 6. The molecule has 0 heterocycles. The molecular formula is C64H114O6. The van der Waals surface area contributed by atoms with E-state index >= 15 is 0 Å². The highest BCUT2D eigenvalue weighted by Gasteiger charge is 2.19. The molecule has 6 heteroatoms. The summed E-state index contributed by atoms with van der Waals surface area (Å²) in [6.07, 6.45) is 73.5. The zero-order valence-corrected chi connectivity index (χ0v) is 46.5.